The first kappa shape index (κ1) is 15.0. The van der Waals surface area contributed by atoms with E-state index in [1.54, 1.807) is 0 Å². The Hall–Kier alpha value is -0.490. The second-order valence-corrected chi connectivity index (χ2v) is 2.46. The summed E-state index contributed by atoms with van der Waals surface area (Å²) in [5, 5.41) is 0. The van der Waals surface area contributed by atoms with Gasteiger partial charge in [0.05, 0.1) is 7.11 Å². The smallest absolute Gasteiger partial charge is 0.397 e. The first-order valence-electron chi connectivity index (χ1n) is 3.28. The minimum absolute atomic E-state index is 0. The van der Waals surface area contributed by atoms with Gasteiger partial charge in [0.1, 0.15) is 5.92 Å². The Morgan fingerprint density at radius 2 is 1.85 bits per heavy atom. The zero-order valence-corrected chi connectivity index (χ0v) is 7.95. The molecule has 3 nitrogen and oxygen atoms in total. The predicted molar refractivity (Wildman–Crippen MR) is 33.9 cm³/mol. The number of carbonyl (C=O) groups excluding carboxylic acids is 1. The van der Waals surface area contributed by atoms with Gasteiger partial charge in [-0.1, -0.05) is 0 Å². The van der Waals surface area contributed by atoms with E-state index in [9.17, 15) is 18.0 Å². The standard InChI is InChI=1S/C6H10F3NO2.ClH/c1-3(6(7,8)9)4(10)5(11)12-2;/h3-4H,10H2,1-2H3;1H/t3-,4-;/m1./s1. The van der Waals surface area contributed by atoms with Crippen LogP contribution in [0.1, 0.15) is 6.92 Å². The van der Waals surface area contributed by atoms with Gasteiger partial charge in [0.2, 0.25) is 0 Å². The van der Waals surface area contributed by atoms with Crippen molar-refractivity contribution in [1.82, 2.24) is 0 Å². The topological polar surface area (TPSA) is 53.9 Å². The van der Waals surface area contributed by atoms with Crippen molar-refractivity contribution in [3.8, 4) is 0 Å². The summed E-state index contributed by atoms with van der Waals surface area (Å²) in [4.78, 5) is 10.6. The van der Waals surface area contributed by atoms with Crippen molar-refractivity contribution in [2.45, 2.75) is 19.1 Å². The molecule has 0 radical (unpaired) electrons. The largest absolute Gasteiger partial charge is 1.00 e. The molecule has 0 unspecified atom stereocenters. The molecule has 0 aromatic carbocycles. The molecule has 7 heteroatoms. The van der Waals surface area contributed by atoms with Crippen LogP contribution in [0.15, 0.2) is 0 Å². The van der Waals surface area contributed by atoms with Crippen molar-refractivity contribution in [3.05, 3.63) is 0 Å². The molecule has 0 saturated heterocycles. The molecule has 0 fully saturated rings. The zero-order valence-electron chi connectivity index (χ0n) is 7.19. The van der Waals surface area contributed by atoms with Crippen LogP contribution in [-0.4, -0.2) is 25.3 Å². The first-order valence-corrected chi connectivity index (χ1v) is 3.28. The summed E-state index contributed by atoms with van der Waals surface area (Å²) in [5.74, 6) is -2.72. The number of carbonyl (C=O) groups is 1. The number of hydrogen-bond donors (Lipinski definition) is 1. The maximum absolute atomic E-state index is 11.9. The second-order valence-electron chi connectivity index (χ2n) is 2.46. The molecule has 0 saturated carbocycles. The average molecular weight is 222 g/mol. The number of halogens is 4. The molecule has 13 heavy (non-hydrogen) atoms. The van der Waals surface area contributed by atoms with E-state index in [-0.39, 0.29) is 12.4 Å². The third-order valence-corrected chi connectivity index (χ3v) is 1.62. The molecule has 0 aliphatic rings. The molecular weight excluding hydrogens is 211 g/mol. The third-order valence-electron chi connectivity index (χ3n) is 1.62. The average Bonchev–Trinajstić information content (AvgIpc) is 1.98. The highest BCUT2D eigenvalue weighted by Crippen LogP contribution is 2.27. The maximum atomic E-state index is 11.9. The van der Waals surface area contributed by atoms with E-state index in [0.29, 0.717) is 0 Å². The summed E-state index contributed by atoms with van der Waals surface area (Å²) in [6.45, 7) is 0.897. The van der Waals surface area contributed by atoms with Crippen LogP contribution in [0.4, 0.5) is 13.2 Å². The monoisotopic (exact) mass is 221 g/mol. The number of methoxy groups -OCH3 is 1. The Labute approximate surface area is 79.8 Å². The Morgan fingerprint density at radius 3 is 2.08 bits per heavy atom. The van der Waals surface area contributed by atoms with Crippen LogP contribution in [0, 0.1) is 5.92 Å². The highest BCUT2D eigenvalue weighted by atomic mass is 35.5. The second kappa shape index (κ2) is 5.29. The van der Waals surface area contributed by atoms with E-state index < -0.39 is 24.1 Å². The van der Waals surface area contributed by atoms with E-state index in [0.717, 1.165) is 14.0 Å². The molecule has 0 aromatic rings. The van der Waals surface area contributed by atoms with Crippen LogP contribution in [-0.2, 0) is 9.53 Å². The van der Waals surface area contributed by atoms with Crippen LogP contribution in [0.2, 0.25) is 0 Å². The van der Waals surface area contributed by atoms with Crippen LogP contribution < -0.4 is 18.1 Å². The third kappa shape index (κ3) is 4.33. The van der Waals surface area contributed by atoms with Gasteiger partial charge >= 0.3 is 12.1 Å². The fourth-order valence-electron chi connectivity index (χ4n) is 0.584. The van der Waals surface area contributed by atoms with Gasteiger partial charge in [-0.3, -0.25) is 0 Å². The van der Waals surface area contributed by atoms with E-state index in [4.69, 9.17) is 0 Å². The molecule has 0 aromatic heterocycles. The van der Waals surface area contributed by atoms with Crippen LogP contribution in [0.3, 0.4) is 0 Å². The lowest BCUT2D eigenvalue weighted by atomic mass is 10.0. The van der Waals surface area contributed by atoms with Crippen molar-refractivity contribution in [2.75, 3.05) is 7.11 Å². The minimum Gasteiger partial charge on any atom is -1.00 e. The Balaban J connectivity index is 0. The molecule has 2 atom stereocenters. The molecule has 0 bridgehead atoms. The number of esters is 1. The SMILES string of the molecule is COC(=O)[C@H]([NH3+])[C@@H](C)C(F)(F)F.[Cl-]. The molecule has 0 heterocycles. The Bertz CT molecular complexity index is 174. The van der Waals surface area contributed by atoms with E-state index >= 15 is 0 Å². The van der Waals surface area contributed by atoms with Gasteiger partial charge in [-0.05, 0) is 6.92 Å². The van der Waals surface area contributed by atoms with Gasteiger partial charge in [0, 0.05) is 0 Å². The van der Waals surface area contributed by atoms with Crippen molar-refractivity contribution in [2.24, 2.45) is 5.92 Å². The highest BCUT2D eigenvalue weighted by Gasteiger charge is 2.45. The number of alkyl halides is 3. The van der Waals surface area contributed by atoms with Gasteiger partial charge in [0.15, 0.2) is 6.04 Å². The van der Waals surface area contributed by atoms with Gasteiger partial charge < -0.3 is 22.9 Å². The van der Waals surface area contributed by atoms with Crippen LogP contribution in [0.5, 0.6) is 0 Å². The summed E-state index contributed by atoms with van der Waals surface area (Å²) < 4.78 is 40.0. The number of hydrogen-bond acceptors (Lipinski definition) is 2. The van der Waals surface area contributed by atoms with E-state index in [1.165, 1.54) is 0 Å². The Morgan fingerprint density at radius 1 is 1.46 bits per heavy atom. The summed E-state index contributed by atoms with van der Waals surface area (Å²) in [7, 11) is 1.03. The van der Waals surface area contributed by atoms with Crippen molar-refractivity contribution < 1.29 is 40.8 Å². The van der Waals surface area contributed by atoms with E-state index in [1.807, 2.05) is 0 Å². The lowest BCUT2D eigenvalue weighted by Crippen LogP contribution is -3.00. The number of quaternary nitrogens is 1. The summed E-state index contributed by atoms with van der Waals surface area (Å²) in [5.41, 5.74) is 3.08. The lowest BCUT2D eigenvalue weighted by molar-refractivity contribution is -0.435. The fraction of sp³-hybridized carbons (Fsp3) is 0.833. The number of rotatable bonds is 2. The molecule has 3 N–H and O–H groups in total. The van der Waals surface area contributed by atoms with Crippen LogP contribution in [0.25, 0.3) is 0 Å². The summed E-state index contributed by atoms with van der Waals surface area (Å²) >= 11 is 0. The molecule has 0 rings (SSSR count). The molecular formula is C6H11ClF3NO2. The highest BCUT2D eigenvalue weighted by molar-refractivity contribution is 5.74. The minimum atomic E-state index is -4.40. The van der Waals surface area contributed by atoms with Crippen molar-refractivity contribution in [1.29, 1.82) is 0 Å². The summed E-state index contributed by atoms with van der Waals surface area (Å²) in [6.07, 6.45) is -4.40. The van der Waals surface area contributed by atoms with Crippen molar-refractivity contribution in [3.63, 3.8) is 0 Å². The quantitative estimate of drug-likeness (QED) is 0.505. The normalized spacial score (nSPS) is 15.5. The van der Waals surface area contributed by atoms with E-state index in [2.05, 4.69) is 10.5 Å². The number of ether oxygens (including phenoxy) is 1. The van der Waals surface area contributed by atoms with Gasteiger partial charge in [-0.15, -0.1) is 0 Å². The molecule has 0 amide bonds. The molecule has 80 valence electrons. The van der Waals surface area contributed by atoms with Crippen LogP contribution >= 0.6 is 0 Å². The fourth-order valence-corrected chi connectivity index (χ4v) is 0.584. The molecule has 0 spiro atoms. The van der Waals surface area contributed by atoms with Crippen molar-refractivity contribution >= 4 is 5.97 Å². The zero-order chi connectivity index (χ0) is 9.94. The Kier molecular flexibility index (Phi) is 6.10. The maximum Gasteiger partial charge on any atom is 0.397 e. The molecule has 0 aliphatic carbocycles. The van der Waals surface area contributed by atoms with Gasteiger partial charge in [-0.25, -0.2) is 4.79 Å². The first-order chi connectivity index (χ1) is 5.30. The summed E-state index contributed by atoms with van der Waals surface area (Å²) in [6, 6.07) is -1.39. The molecule has 0 aliphatic heterocycles. The lowest BCUT2D eigenvalue weighted by Gasteiger charge is -2.17. The van der Waals surface area contributed by atoms with Gasteiger partial charge in [-0.2, -0.15) is 13.2 Å². The predicted octanol–water partition coefficient (Wildman–Crippen LogP) is -3.03. The van der Waals surface area contributed by atoms with Gasteiger partial charge in [0.25, 0.3) is 0 Å².